The number of ether oxygens (including phenoxy) is 2. The summed E-state index contributed by atoms with van der Waals surface area (Å²) >= 11 is 6.58. The molecule has 0 radical (unpaired) electrons. The van der Waals surface area contributed by atoms with Crippen LogP contribution in [0.1, 0.15) is 28.4 Å². The lowest BCUT2D eigenvalue weighted by molar-refractivity contribution is 0.414. The monoisotopic (exact) mass is 388 g/mol. The van der Waals surface area contributed by atoms with Crippen molar-refractivity contribution >= 4 is 22.4 Å². The Morgan fingerprint density at radius 3 is 2.54 bits per heavy atom. The highest BCUT2D eigenvalue weighted by Crippen LogP contribution is 2.50. The van der Waals surface area contributed by atoms with Crippen molar-refractivity contribution in [2.45, 2.75) is 12.8 Å². The Hall–Kier alpha value is -3.11. The second kappa shape index (κ2) is 6.50. The van der Waals surface area contributed by atoms with Crippen molar-refractivity contribution in [3.8, 4) is 17.4 Å². The van der Waals surface area contributed by atoms with Gasteiger partial charge in [0.05, 0.1) is 12.7 Å². The van der Waals surface area contributed by atoms with E-state index < -0.39 is 0 Å². The van der Waals surface area contributed by atoms with E-state index >= 15 is 0 Å². The smallest absolute Gasteiger partial charge is 0.228 e. The number of rotatable bonds is 2. The molecule has 1 aliphatic rings. The van der Waals surface area contributed by atoms with Crippen LogP contribution in [0.3, 0.4) is 0 Å². The fourth-order valence-corrected chi connectivity index (χ4v) is 4.15. The number of fused-ring (bicyclic) bond motifs is 4. The summed E-state index contributed by atoms with van der Waals surface area (Å²) in [5.41, 5.74) is 2.92. The quantitative estimate of drug-likeness (QED) is 0.354. The van der Waals surface area contributed by atoms with Gasteiger partial charge in [-0.05, 0) is 30.0 Å². The SMILES string of the molecule is COc1ccc(C2c3ccc4ccccc4c3Oc3nc(C)nc(Cl)c32)cc1. The maximum Gasteiger partial charge on any atom is 0.228 e. The number of hydrogen-bond acceptors (Lipinski definition) is 4. The molecule has 0 amide bonds. The molecule has 1 atom stereocenters. The summed E-state index contributed by atoms with van der Waals surface area (Å²) in [6.07, 6.45) is 0. The fraction of sp³-hybridized carbons (Fsp3) is 0.130. The minimum absolute atomic E-state index is 0.123. The highest BCUT2D eigenvalue weighted by Gasteiger charge is 2.33. The molecule has 0 saturated heterocycles. The summed E-state index contributed by atoms with van der Waals surface area (Å²) in [6, 6.07) is 20.4. The minimum Gasteiger partial charge on any atom is -0.497 e. The van der Waals surface area contributed by atoms with Crippen molar-refractivity contribution in [3.05, 3.63) is 88.3 Å². The normalized spacial score (nSPS) is 14.9. The van der Waals surface area contributed by atoms with Gasteiger partial charge in [0.2, 0.25) is 5.88 Å². The zero-order chi connectivity index (χ0) is 19.3. The lowest BCUT2D eigenvalue weighted by atomic mass is 9.83. The van der Waals surface area contributed by atoms with E-state index in [1.54, 1.807) is 7.11 Å². The lowest BCUT2D eigenvalue weighted by Gasteiger charge is -2.29. The molecular formula is C23H17ClN2O2. The summed E-state index contributed by atoms with van der Waals surface area (Å²) in [4.78, 5) is 8.93. The number of aryl methyl sites for hydroxylation is 1. The Kier molecular flexibility index (Phi) is 3.95. The number of methoxy groups -OCH3 is 1. The van der Waals surface area contributed by atoms with Gasteiger partial charge in [-0.15, -0.1) is 0 Å². The first-order chi connectivity index (χ1) is 13.7. The van der Waals surface area contributed by atoms with E-state index in [1.165, 1.54) is 0 Å². The maximum absolute atomic E-state index is 6.58. The molecule has 2 heterocycles. The minimum atomic E-state index is -0.123. The van der Waals surface area contributed by atoms with Crippen LogP contribution >= 0.6 is 11.6 Å². The molecule has 3 aromatic carbocycles. The van der Waals surface area contributed by atoms with Gasteiger partial charge in [0, 0.05) is 16.9 Å². The average molecular weight is 389 g/mol. The summed E-state index contributed by atoms with van der Waals surface area (Å²) in [5, 5.41) is 2.59. The zero-order valence-electron chi connectivity index (χ0n) is 15.4. The Bertz CT molecular complexity index is 1210. The Balaban J connectivity index is 1.81. The van der Waals surface area contributed by atoms with Crippen molar-refractivity contribution in [1.82, 2.24) is 9.97 Å². The van der Waals surface area contributed by atoms with Gasteiger partial charge in [0.15, 0.2) is 0 Å². The summed E-state index contributed by atoms with van der Waals surface area (Å²) in [6.45, 7) is 1.82. The predicted octanol–water partition coefficient (Wildman–Crippen LogP) is 5.89. The van der Waals surface area contributed by atoms with Crippen LogP contribution in [0.4, 0.5) is 0 Å². The summed E-state index contributed by atoms with van der Waals surface area (Å²) in [5.74, 6) is 2.60. The maximum atomic E-state index is 6.58. The average Bonchev–Trinajstić information content (AvgIpc) is 2.72. The van der Waals surface area contributed by atoms with Gasteiger partial charge in [-0.1, -0.05) is 60.1 Å². The topological polar surface area (TPSA) is 44.2 Å². The summed E-state index contributed by atoms with van der Waals surface area (Å²) < 4.78 is 11.6. The number of hydrogen-bond donors (Lipinski definition) is 0. The molecule has 0 N–H and O–H groups in total. The Labute approximate surface area is 167 Å². The number of aromatic nitrogens is 2. The van der Waals surface area contributed by atoms with Crippen LogP contribution in [0.5, 0.6) is 17.4 Å². The molecule has 4 aromatic rings. The molecule has 1 aliphatic heterocycles. The molecule has 4 nitrogen and oxygen atoms in total. The number of benzene rings is 3. The molecule has 1 unspecified atom stereocenters. The Morgan fingerprint density at radius 2 is 1.75 bits per heavy atom. The molecule has 28 heavy (non-hydrogen) atoms. The second-order valence-corrected chi connectivity index (χ2v) is 7.15. The third-order valence-corrected chi connectivity index (χ3v) is 5.42. The largest absolute Gasteiger partial charge is 0.497 e. The van der Waals surface area contributed by atoms with Crippen LogP contribution in [-0.4, -0.2) is 17.1 Å². The van der Waals surface area contributed by atoms with E-state index in [0.29, 0.717) is 16.9 Å². The van der Waals surface area contributed by atoms with E-state index in [-0.39, 0.29) is 5.92 Å². The number of nitrogens with zero attached hydrogens (tertiary/aromatic N) is 2. The molecule has 0 spiro atoms. The van der Waals surface area contributed by atoms with Crippen LogP contribution in [0, 0.1) is 6.92 Å². The third-order valence-electron chi connectivity index (χ3n) is 5.13. The van der Waals surface area contributed by atoms with Gasteiger partial charge in [-0.2, -0.15) is 4.98 Å². The van der Waals surface area contributed by atoms with Crippen LogP contribution in [-0.2, 0) is 0 Å². The van der Waals surface area contributed by atoms with E-state index in [0.717, 1.165) is 39.0 Å². The van der Waals surface area contributed by atoms with Gasteiger partial charge in [-0.25, -0.2) is 4.98 Å². The lowest BCUT2D eigenvalue weighted by Crippen LogP contribution is -2.15. The molecule has 0 bridgehead atoms. The van der Waals surface area contributed by atoms with E-state index in [4.69, 9.17) is 21.1 Å². The van der Waals surface area contributed by atoms with Crippen molar-refractivity contribution in [2.75, 3.05) is 7.11 Å². The first-order valence-electron chi connectivity index (χ1n) is 9.03. The zero-order valence-corrected chi connectivity index (χ0v) is 16.2. The molecule has 0 aliphatic carbocycles. The van der Waals surface area contributed by atoms with E-state index in [9.17, 15) is 0 Å². The molecule has 1 aromatic heterocycles. The molecule has 0 fully saturated rings. The molecule has 5 rings (SSSR count). The molecular weight excluding hydrogens is 372 g/mol. The fourth-order valence-electron chi connectivity index (χ4n) is 3.84. The van der Waals surface area contributed by atoms with Gasteiger partial charge in [0.25, 0.3) is 0 Å². The summed E-state index contributed by atoms with van der Waals surface area (Å²) in [7, 11) is 1.66. The standard InChI is InChI=1S/C23H17ClN2O2/c1-13-25-22(24)20-19(15-7-10-16(27-2)11-8-15)18-12-9-14-5-3-4-6-17(14)21(18)28-23(20)26-13/h3-12,19H,1-2H3. The highest BCUT2D eigenvalue weighted by atomic mass is 35.5. The van der Waals surface area contributed by atoms with Gasteiger partial charge in [0.1, 0.15) is 22.5 Å². The van der Waals surface area contributed by atoms with Gasteiger partial charge >= 0.3 is 0 Å². The first-order valence-corrected chi connectivity index (χ1v) is 9.41. The molecule has 138 valence electrons. The Morgan fingerprint density at radius 1 is 0.964 bits per heavy atom. The van der Waals surface area contributed by atoms with Crippen LogP contribution < -0.4 is 9.47 Å². The highest BCUT2D eigenvalue weighted by molar-refractivity contribution is 6.30. The predicted molar refractivity (Wildman–Crippen MR) is 110 cm³/mol. The van der Waals surface area contributed by atoms with E-state index in [1.807, 2.05) is 43.3 Å². The second-order valence-electron chi connectivity index (χ2n) is 6.79. The van der Waals surface area contributed by atoms with Crippen molar-refractivity contribution in [1.29, 1.82) is 0 Å². The van der Waals surface area contributed by atoms with Crippen molar-refractivity contribution in [2.24, 2.45) is 0 Å². The van der Waals surface area contributed by atoms with Crippen LogP contribution in [0.2, 0.25) is 5.15 Å². The van der Waals surface area contributed by atoms with Crippen LogP contribution in [0.25, 0.3) is 10.8 Å². The number of halogens is 1. The molecule has 0 saturated carbocycles. The van der Waals surface area contributed by atoms with Crippen molar-refractivity contribution in [3.63, 3.8) is 0 Å². The van der Waals surface area contributed by atoms with E-state index in [2.05, 4.69) is 34.2 Å². The molecule has 5 heteroatoms. The van der Waals surface area contributed by atoms with Crippen molar-refractivity contribution < 1.29 is 9.47 Å². The first kappa shape index (κ1) is 17.0. The van der Waals surface area contributed by atoms with Crippen LogP contribution in [0.15, 0.2) is 60.7 Å². The third kappa shape index (κ3) is 2.60. The van der Waals surface area contributed by atoms with Gasteiger partial charge < -0.3 is 9.47 Å². The van der Waals surface area contributed by atoms with Gasteiger partial charge in [-0.3, -0.25) is 0 Å².